The lowest BCUT2D eigenvalue weighted by molar-refractivity contribution is -0.138. The summed E-state index contributed by atoms with van der Waals surface area (Å²) in [6, 6.07) is 33.4. The van der Waals surface area contributed by atoms with Crippen molar-refractivity contribution >= 4 is 17.3 Å². The van der Waals surface area contributed by atoms with E-state index in [2.05, 4.69) is 12.1 Å². The highest BCUT2D eigenvalue weighted by Gasteiger charge is 2.31. The highest BCUT2D eigenvalue weighted by atomic mass is 16.5. The number of carboxylic acids is 1. The Morgan fingerprint density at radius 2 is 1.12 bits per heavy atom. The summed E-state index contributed by atoms with van der Waals surface area (Å²) in [5, 5.41) is 29.8. The molecule has 0 spiro atoms. The molecular weight excluding hydrogens is 504 g/mol. The SMILES string of the molecule is CN(c1cc(OCc2ccccc2)ccc1C#N)C(C(=O)O)N(C)c1cc(OCc2ccccc2)ccc1C#N. The molecule has 4 rings (SSSR count). The number of hydrogen-bond acceptors (Lipinski definition) is 7. The predicted octanol–water partition coefficient (Wildman–Crippen LogP) is 5.57. The van der Waals surface area contributed by atoms with Gasteiger partial charge in [0, 0.05) is 26.2 Å². The van der Waals surface area contributed by atoms with Gasteiger partial charge in [-0.1, -0.05) is 60.7 Å². The fourth-order valence-electron chi connectivity index (χ4n) is 4.31. The minimum atomic E-state index is -1.26. The van der Waals surface area contributed by atoms with Gasteiger partial charge in [-0.3, -0.25) is 0 Å². The molecule has 0 unspecified atom stereocenters. The van der Waals surface area contributed by atoms with Gasteiger partial charge in [0.1, 0.15) is 36.9 Å². The van der Waals surface area contributed by atoms with Crippen molar-refractivity contribution in [2.24, 2.45) is 0 Å². The van der Waals surface area contributed by atoms with Crippen molar-refractivity contribution in [1.82, 2.24) is 0 Å². The van der Waals surface area contributed by atoms with Crippen molar-refractivity contribution in [2.45, 2.75) is 19.4 Å². The van der Waals surface area contributed by atoms with E-state index in [0.29, 0.717) is 36.1 Å². The van der Waals surface area contributed by atoms with Gasteiger partial charge in [0.05, 0.1) is 22.5 Å². The van der Waals surface area contributed by atoms with Crippen LogP contribution in [0.3, 0.4) is 0 Å². The fourth-order valence-corrected chi connectivity index (χ4v) is 4.31. The minimum Gasteiger partial charge on any atom is -0.489 e. The Morgan fingerprint density at radius 3 is 1.48 bits per heavy atom. The average Bonchev–Trinajstić information content (AvgIpc) is 2.99. The molecule has 4 aromatic carbocycles. The standard InChI is InChI=1S/C32H28N4O4/c1-35(29-17-27(15-13-25(29)19-33)39-21-23-9-5-3-6-10-23)31(32(37)38)36(2)30-18-28(16-14-26(30)20-34)40-22-24-11-7-4-8-12-24/h3-18,31H,21-22H2,1-2H3,(H,37,38). The summed E-state index contributed by atoms with van der Waals surface area (Å²) >= 11 is 0. The molecule has 0 aliphatic heterocycles. The van der Waals surface area contributed by atoms with E-state index in [1.54, 1.807) is 50.5 Å². The van der Waals surface area contributed by atoms with Gasteiger partial charge in [-0.15, -0.1) is 0 Å². The third kappa shape index (κ3) is 6.50. The van der Waals surface area contributed by atoms with E-state index in [4.69, 9.17) is 9.47 Å². The average molecular weight is 533 g/mol. The number of nitriles is 2. The zero-order chi connectivity index (χ0) is 28.5. The van der Waals surface area contributed by atoms with E-state index in [9.17, 15) is 20.4 Å². The van der Waals surface area contributed by atoms with Crippen LogP contribution in [0.25, 0.3) is 0 Å². The number of hydrogen-bond donors (Lipinski definition) is 1. The summed E-state index contributed by atoms with van der Waals surface area (Å²) in [5.41, 5.74) is 3.28. The number of aliphatic carboxylic acids is 1. The van der Waals surface area contributed by atoms with Crippen LogP contribution in [0.1, 0.15) is 22.3 Å². The lowest BCUT2D eigenvalue weighted by Crippen LogP contribution is -2.51. The lowest BCUT2D eigenvalue weighted by Gasteiger charge is -2.36. The quantitative estimate of drug-likeness (QED) is 0.250. The van der Waals surface area contributed by atoms with E-state index < -0.39 is 12.1 Å². The normalized spacial score (nSPS) is 10.3. The summed E-state index contributed by atoms with van der Waals surface area (Å²) in [6.07, 6.45) is -1.26. The van der Waals surface area contributed by atoms with Gasteiger partial charge in [-0.05, 0) is 35.4 Å². The van der Waals surface area contributed by atoms with Gasteiger partial charge in [-0.2, -0.15) is 10.5 Å². The zero-order valence-electron chi connectivity index (χ0n) is 22.2. The highest BCUT2D eigenvalue weighted by Crippen LogP contribution is 2.32. The van der Waals surface area contributed by atoms with Crippen LogP contribution in [0.5, 0.6) is 11.5 Å². The van der Waals surface area contributed by atoms with E-state index in [1.807, 2.05) is 60.7 Å². The van der Waals surface area contributed by atoms with Crippen molar-refractivity contribution in [3.63, 3.8) is 0 Å². The number of nitrogens with zero attached hydrogens (tertiary/aromatic N) is 4. The Labute approximate surface area is 233 Å². The molecule has 0 atom stereocenters. The summed E-state index contributed by atoms with van der Waals surface area (Å²) in [4.78, 5) is 15.6. The van der Waals surface area contributed by atoms with Crippen LogP contribution in [-0.2, 0) is 18.0 Å². The first-order valence-corrected chi connectivity index (χ1v) is 12.5. The molecule has 0 radical (unpaired) electrons. The molecule has 0 fully saturated rings. The Hall–Kier alpha value is -5.47. The molecule has 0 heterocycles. The number of ether oxygens (including phenoxy) is 2. The molecule has 0 aromatic heterocycles. The first-order valence-electron chi connectivity index (χ1n) is 12.5. The summed E-state index contributed by atoms with van der Waals surface area (Å²) in [6.45, 7) is 0.638. The number of anilines is 2. The molecule has 0 bridgehead atoms. The molecular formula is C32H28N4O4. The summed E-state index contributed by atoms with van der Waals surface area (Å²) < 4.78 is 11.9. The van der Waals surface area contributed by atoms with Gasteiger partial charge in [-0.25, -0.2) is 4.79 Å². The number of carbonyl (C=O) groups is 1. The van der Waals surface area contributed by atoms with E-state index >= 15 is 0 Å². The lowest BCUT2D eigenvalue weighted by atomic mass is 10.1. The predicted molar refractivity (Wildman–Crippen MR) is 152 cm³/mol. The number of benzene rings is 4. The first kappa shape index (κ1) is 27.6. The summed E-state index contributed by atoms with van der Waals surface area (Å²) in [5.74, 6) is -0.181. The maximum Gasteiger partial charge on any atom is 0.347 e. The van der Waals surface area contributed by atoms with Gasteiger partial charge >= 0.3 is 5.97 Å². The highest BCUT2D eigenvalue weighted by molar-refractivity contribution is 5.84. The van der Waals surface area contributed by atoms with Gasteiger partial charge in [0.25, 0.3) is 0 Å². The molecule has 0 saturated carbocycles. The zero-order valence-corrected chi connectivity index (χ0v) is 22.2. The molecule has 4 aromatic rings. The van der Waals surface area contributed by atoms with E-state index in [1.165, 1.54) is 9.80 Å². The Kier molecular flexibility index (Phi) is 8.86. The molecule has 8 nitrogen and oxygen atoms in total. The number of rotatable bonds is 11. The largest absolute Gasteiger partial charge is 0.489 e. The van der Waals surface area contributed by atoms with Gasteiger partial charge < -0.3 is 24.4 Å². The van der Waals surface area contributed by atoms with Crippen LogP contribution in [0, 0.1) is 22.7 Å². The fraction of sp³-hybridized carbons (Fsp3) is 0.156. The van der Waals surface area contributed by atoms with Crippen LogP contribution in [0.15, 0.2) is 97.1 Å². The van der Waals surface area contributed by atoms with Gasteiger partial charge in [0.15, 0.2) is 0 Å². The third-order valence-electron chi connectivity index (χ3n) is 6.39. The van der Waals surface area contributed by atoms with Crippen molar-refractivity contribution in [3.05, 3.63) is 119 Å². The van der Waals surface area contributed by atoms with Crippen LogP contribution >= 0.6 is 0 Å². The molecule has 0 saturated heterocycles. The van der Waals surface area contributed by atoms with Crippen molar-refractivity contribution in [1.29, 1.82) is 10.5 Å². The number of carboxylic acid groups (broad SMARTS) is 1. The maximum absolute atomic E-state index is 12.6. The van der Waals surface area contributed by atoms with Gasteiger partial charge in [0.2, 0.25) is 6.17 Å². The molecule has 0 aliphatic rings. The smallest absolute Gasteiger partial charge is 0.347 e. The topological polar surface area (TPSA) is 110 Å². The Morgan fingerprint density at radius 1 is 0.725 bits per heavy atom. The monoisotopic (exact) mass is 532 g/mol. The Balaban J connectivity index is 1.61. The molecule has 0 aliphatic carbocycles. The summed E-state index contributed by atoms with van der Waals surface area (Å²) in [7, 11) is 3.18. The Bertz CT molecular complexity index is 1430. The van der Waals surface area contributed by atoms with Crippen molar-refractivity contribution in [2.75, 3.05) is 23.9 Å². The van der Waals surface area contributed by atoms with E-state index in [-0.39, 0.29) is 11.1 Å². The first-order chi connectivity index (χ1) is 19.4. The number of likely N-dealkylation sites (N-methyl/N-ethyl adjacent to an activating group) is 2. The van der Waals surface area contributed by atoms with Crippen molar-refractivity contribution in [3.8, 4) is 23.6 Å². The second kappa shape index (κ2) is 12.9. The molecule has 200 valence electrons. The third-order valence-corrected chi connectivity index (χ3v) is 6.39. The minimum absolute atomic E-state index is 0.287. The van der Waals surface area contributed by atoms with Crippen LogP contribution in [-0.4, -0.2) is 31.3 Å². The van der Waals surface area contributed by atoms with Crippen molar-refractivity contribution < 1.29 is 19.4 Å². The molecule has 40 heavy (non-hydrogen) atoms. The van der Waals surface area contributed by atoms with Crippen LogP contribution in [0.2, 0.25) is 0 Å². The maximum atomic E-state index is 12.6. The molecule has 8 heteroatoms. The van der Waals surface area contributed by atoms with Crippen LogP contribution < -0.4 is 19.3 Å². The molecule has 1 N–H and O–H groups in total. The second-order valence-corrected chi connectivity index (χ2v) is 9.06. The van der Waals surface area contributed by atoms with Crippen LogP contribution in [0.4, 0.5) is 11.4 Å². The van der Waals surface area contributed by atoms with E-state index in [0.717, 1.165) is 11.1 Å². The molecule has 0 amide bonds. The second-order valence-electron chi connectivity index (χ2n) is 9.06.